The van der Waals surface area contributed by atoms with E-state index in [1.54, 1.807) is 17.0 Å². The predicted octanol–water partition coefficient (Wildman–Crippen LogP) is 2.59. The van der Waals surface area contributed by atoms with Gasteiger partial charge in [0.2, 0.25) is 0 Å². The minimum absolute atomic E-state index is 0.246. The van der Waals surface area contributed by atoms with Crippen LogP contribution >= 0.6 is 23.6 Å². The zero-order valence-electron chi connectivity index (χ0n) is 12.8. The van der Waals surface area contributed by atoms with Gasteiger partial charge in [-0.05, 0) is 47.9 Å². The molecule has 0 saturated carbocycles. The zero-order chi connectivity index (χ0) is 16.1. The summed E-state index contributed by atoms with van der Waals surface area (Å²) < 4.78 is 12.9. The van der Waals surface area contributed by atoms with Crippen molar-refractivity contribution in [3.8, 4) is 0 Å². The Kier molecular flexibility index (Phi) is 5.59. The number of likely N-dealkylation sites (tertiary alicyclic amines) is 1. The summed E-state index contributed by atoms with van der Waals surface area (Å²) in [5.41, 5.74) is 0.796. The van der Waals surface area contributed by atoms with Gasteiger partial charge in [-0.3, -0.25) is 0 Å². The highest BCUT2D eigenvalue weighted by molar-refractivity contribution is 7.80. The Labute approximate surface area is 145 Å². The number of rotatable bonds is 5. The number of hydrogen-bond donors (Lipinski definition) is 3. The second-order valence-corrected chi connectivity index (χ2v) is 7.16. The first-order chi connectivity index (χ1) is 11.2. The van der Waals surface area contributed by atoms with Crippen LogP contribution in [0.25, 0.3) is 0 Å². The lowest BCUT2D eigenvalue weighted by molar-refractivity contribution is -0.918. The Morgan fingerprint density at radius 3 is 2.61 bits per heavy atom. The summed E-state index contributed by atoms with van der Waals surface area (Å²) in [6, 6.07) is 11.0. The van der Waals surface area contributed by atoms with Crippen LogP contribution in [0.4, 0.5) is 10.1 Å². The molecule has 1 aliphatic rings. The number of halogens is 1. The van der Waals surface area contributed by atoms with E-state index in [-0.39, 0.29) is 5.82 Å². The van der Waals surface area contributed by atoms with Gasteiger partial charge in [0.1, 0.15) is 11.9 Å². The SMILES string of the molecule is Fc1ccc(NC(=S)NC[C@H](c2cccs2)[NH+]2CCCC2)cc1. The fraction of sp³-hybridized carbons (Fsp3) is 0.353. The van der Waals surface area contributed by atoms with Gasteiger partial charge in [0.05, 0.1) is 24.5 Å². The molecule has 0 bridgehead atoms. The molecule has 3 rings (SSSR count). The summed E-state index contributed by atoms with van der Waals surface area (Å²) in [5.74, 6) is -0.246. The molecule has 2 heterocycles. The molecule has 3 nitrogen and oxygen atoms in total. The van der Waals surface area contributed by atoms with Gasteiger partial charge in [0.15, 0.2) is 5.11 Å². The predicted molar refractivity (Wildman–Crippen MR) is 97.6 cm³/mol. The summed E-state index contributed by atoms with van der Waals surface area (Å²) in [6.45, 7) is 3.26. The minimum atomic E-state index is -0.246. The Morgan fingerprint density at radius 2 is 1.96 bits per heavy atom. The molecule has 6 heteroatoms. The summed E-state index contributed by atoms with van der Waals surface area (Å²) in [7, 11) is 0. The standard InChI is InChI=1S/C17H20FN3S2/c18-13-5-7-14(8-6-13)20-17(22)19-12-15(16-4-3-11-23-16)21-9-1-2-10-21/h3-8,11,15H,1-2,9-10,12H2,(H2,19,20,22)/p+1/t15-/m1/s1. The number of nitrogens with one attached hydrogen (secondary N) is 3. The van der Waals surface area contributed by atoms with Crippen molar-refractivity contribution in [3.05, 3.63) is 52.5 Å². The van der Waals surface area contributed by atoms with E-state index in [9.17, 15) is 4.39 Å². The summed E-state index contributed by atoms with van der Waals surface area (Å²) in [6.07, 6.45) is 2.60. The second kappa shape index (κ2) is 7.86. The van der Waals surface area contributed by atoms with Crippen LogP contribution in [0.2, 0.25) is 0 Å². The highest BCUT2D eigenvalue weighted by atomic mass is 32.1. The smallest absolute Gasteiger partial charge is 0.171 e. The quantitative estimate of drug-likeness (QED) is 0.724. The van der Waals surface area contributed by atoms with Crippen LogP contribution < -0.4 is 15.5 Å². The molecule has 2 aromatic rings. The first-order valence-electron chi connectivity index (χ1n) is 7.91. The maximum atomic E-state index is 12.9. The molecular formula is C17H21FN3S2+. The van der Waals surface area contributed by atoms with E-state index < -0.39 is 0 Å². The Morgan fingerprint density at radius 1 is 1.22 bits per heavy atom. The van der Waals surface area contributed by atoms with Gasteiger partial charge in [-0.2, -0.15) is 0 Å². The summed E-state index contributed by atoms with van der Waals surface area (Å²) >= 11 is 7.18. The van der Waals surface area contributed by atoms with Crippen LogP contribution in [0.5, 0.6) is 0 Å². The number of quaternary nitrogens is 1. The lowest BCUT2D eigenvalue weighted by Gasteiger charge is -2.24. The van der Waals surface area contributed by atoms with Gasteiger partial charge in [0, 0.05) is 18.5 Å². The van der Waals surface area contributed by atoms with E-state index in [1.165, 1.54) is 42.9 Å². The van der Waals surface area contributed by atoms with Crippen LogP contribution in [0.1, 0.15) is 23.8 Å². The van der Waals surface area contributed by atoms with Crippen molar-refractivity contribution in [1.82, 2.24) is 5.32 Å². The number of benzene rings is 1. The molecule has 3 N–H and O–H groups in total. The van der Waals surface area contributed by atoms with Crippen LogP contribution in [0, 0.1) is 5.82 Å². The topological polar surface area (TPSA) is 28.5 Å². The molecular weight excluding hydrogens is 329 g/mol. The molecule has 1 aliphatic heterocycles. The fourth-order valence-corrected chi connectivity index (χ4v) is 4.10. The van der Waals surface area contributed by atoms with E-state index in [0.717, 1.165) is 12.2 Å². The third-order valence-corrected chi connectivity index (χ3v) is 5.43. The molecule has 1 saturated heterocycles. The number of hydrogen-bond acceptors (Lipinski definition) is 2. The normalized spacial score (nSPS) is 16.2. The van der Waals surface area contributed by atoms with Gasteiger partial charge in [-0.15, -0.1) is 11.3 Å². The molecule has 0 radical (unpaired) electrons. The van der Waals surface area contributed by atoms with Gasteiger partial charge in [0.25, 0.3) is 0 Å². The van der Waals surface area contributed by atoms with Crippen LogP contribution in [0.3, 0.4) is 0 Å². The van der Waals surface area contributed by atoms with E-state index in [4.69, 9.17) is 12.2 Å². The first-order valence-corrected chi connectivity index (χ1v) is 9.19. The largest absolute Gasteiger partial charge is 0.356 e. The van der Waals surface area contributed by atoms with Crippen molar-refractivity contribution < 1.29 is 9.29 Å². The average molecular weight is 351 g/mol. The molecule has 0 amide bonds. The maximum Gasteiger partial charge on any atom is 0.171 e. The van der Waals surface area contributed by atoms with Crippen LogP contribution in [0.15, 0.2) is 41.8 Å². The minimum Gasteiger partial charge on any atom is -0.356 e. The van der Waals surface area contributed by atoms with Crippen LogP contribution in [-0.4, -0.2) is 24.7 Å². The van der Waals surface area contributed by atoms with Crippen LogP contribution in [-0.2, 0) is 0 Å². The lowest BCUT2D eigenvalue weighted by Crippen LogP contribution is -3.11. The number of anilines is 1. The zero-order valence-corrected chi connectivity index (χ0v) is 14.5. The fourth-order valence-electron chi connectivity index (χ4n) is 3.02. The summed E-state index contributed by atoms with van der Waals surface area (Å²) in [5, 5.41) is 9.14. The molecule has 1 aromatic carbocycles. The van der Waals surface area contributed by atoms with Gasteiger partial charge in [-0.25, -0.2) is 4.39 Å². The van der Waals surface area contributed by atoms with Crippen molar-refractivity contribution >= 4 is 34.4 Å². The van der Waals surface area contributed by atoms with Gasteiger partial charge >= 0.3 is 0 Å². The van der Waals surface area contributed by atoms with Crippen molar-refractivity contribution in [2.75, 3.05) is 25.0 Å². The highest BCUT2D eigenvalue weighted by Gasteiger charge is 2.28. The monoisotopic (exact) mass is 350 g/mol. The number of thiocarbonyl (C=S) groups is 1. The highest BCUT2D eigenvalue weighted by Crippen LogP contribution is 2.17. The van der Waals surface area contributed by atoms with Crippen molar-refractivity contribution in [3.63, 3.8) is 0 Å². The molecule has 0 aliphatic carbocycles. The first kappa shape index (κ1) is 16.4. The molecule has 0 spiro atoms. The average Bonchev–Trinajstić information content (AvgIpc) is 3.24. The van der Waals surface area contributed by atoms with Gasteiger partial charge in [-0.1, -0.05) is 6.07 Å². The van der Waals surface area contributed by atoms with Crippen molar-refractivity contribution in [2.45, 2.75) is 18.9 Å². The number of thiophene rings is 1. The maximum absolute atomic E-state index is 12.9. The van der Waals surface area contributed by atoms with E-state index in [0.29, 0.717) is 11.2 Å². The van der Waals surface area contributed by atoms with E-state index >= 15 is 0 Å². The summed E-state index contributed by atoms with van der Waals surface area (Å²) in [4.78, 5) is 3.03. The van der Waals surface area contributed by atoms with Crippen molar-refractivity contribution in [1.29, 1.82) is 0 Å². The Balaban J connectivity index is 1.57. The molecule has 0 unspecified atom stereocenters. The van der Waals surface area contributed by atoms with Crippen molar-refractivity contribution in [2.24, 2.45) is 0 Å². The molecule has 1 aromatic heterocycles. The lowest BCUT2D eigenvalue weighted by atomic mass is 10.2. The Bertz CT molecular complexity index is 622. The molecule has 23 heavy (non-hydrogen) atoms. The van der Waals surface area contributed by atoms with E-state index in [2.05, 4.69) is 28.1 Å². The molecule has 122 valence electrons. The Hall–Kier alpha value is -1.50. The molecule has 1 atom stereocenters. The van der Waals surface area contributed by atoms with E-state index in [1.807, 2.05) is 11.3 Å². The molecule has 1 fully saturated rings. The second-order valence-electron chi connectivity index (χ2n) is 5.78. The third-order valence-electron chi connectivity index (χ3n) is 4.19. The van der Waals surface area contributed by atoms with Gasteiger partial charge < -0.3 is 15.5 Å². The third kappa shape index (κ3) is 4.50.